The van der Waals surface area contributed by atoms with Crippen molar-refractivity contribution in [3.8, 4) is 6.07 Å². The van der Waals surface area contributed by atoms with Gasteiger partial charge in [-0.1, -0.05) is 42.5 Å². The van der Waals surface area contributed by atoms with E-state index in [0.29, 0.717) is 11.1 Å². The van der Waals surface area contributed by atoms with Gasteiger partial charge in [-0.05, 0) is 36.1 Å². The number of aliphatic hydroxyl groups is 2. The number of nitrogens with zero attached hydrogens (tertiary/aromatic N) is 1. The molecule has 0 saturated carbocycles. The summed E-state index contributed by atoms with van der Waals surface area (Å²) >= 11 is 0. The summed E-state index contributed by atoms with van der Waals surface area (Å²) in [4.78, 5) is 11.6. The highest BCUT2D eigenvalue weighted by Crippen LogP contribution is 2.21. The number of hydrogen-bond donors (Lipinski definition) is 3. The van der Waals surface area contributed by atoms with Crippen LogP contribution in [0.4, 0.5) is 4.79 Å². The van der Waals surface area contributed by atoms with Gasteiger partial charge in [-0.25, -0.2) is 4.79 Å². The van der Waals surface area contributed by atoms with Crippen molar-refractivity contribution in [2.24, 2.45) is 0 Å². The van der Waals surface area contributed by atoms with Gasteiger partial charge in [0.1, 0.15) is 12.7 Å². The van der Waals surface area contributed by atoms with Crippen molar-refractivity contribution in [1.29, 1.82) is 5.26 Å². The van der Waals surface area contributed by atoms with E-state index in [1.165, 1.54) is 0 Å². The van der Waals surface area contributed by atoms with Crippen LogP contribution >= 0.6 is 0 Å². The van der Waals surface area contributed by atoms with E-state index < -0.39 is 18.3 Å². The van der Waals surface area contributed by atoms with Crippen LogP contribution in [0.1, 0.15) is 34.8 Å². The number of alkyl carbamates (subject to hydrolysis) is 1. The van der Waals surface area contributed by atoms with Gasteiger partial charge in [0.25, 0.3) is 0 Å². The predicted octanol–water partition coefficient (Wildman–Crippen LogP) is 2.58. The Kier molecular flexibility index (Phi) is 7.15. The summed E-state index contributed by atoms with van der Waals surface area (Å²) in [6, 6.07) is 16.3. The molecule has 0 aliphatic rings. The van der Waals surface area contributed by atoms with E-state index in [0.717, 1.165) is 11.1 Å². The summed E-state index contributed by atoms with van der Waals surface area (Å²) in [5, 5.41) is 31.9. The van der Waals surface area contributed by atoms with Crippen LogP contribution in [0.3, 0.4) is 0 Å². The molecule has 2 atom stereocenters. The number of benzene rings is 2. The quantitative estimate of drug-likeness (QED) is 0.709. The molecule has 0 bridgehead atoms. The lowest BCUT2D eigenvalue weighted by molar-refractivity contribution is 0.0136. The molecular formula is C20H22N2O4. The third kappa shape index (κ3) is 5.59. The third-order valence-corrected chi connectivity index (χ3v) is 4.01. The van der Waals surface area contributed by atoms with Crippen LogP contribution in [0.25, 0.3) is 0 Å². The van der Waals surface area contributed by atoms with Crippen molar-refractivity contribution in [3.05, 3.63) is 70.8 Å². The molecular weight excluding hydrogens is 332 g/mol. The number of nitriles is 1. The van der Waals surface area contributed by atoms with Crippen molar-refractivity contribution in [2.45, 2.75) is 32.2 Å². The minimum absolute atomic E-state index is 0.150. The highest BCUT2D eigenvalue weighted by Gasteiger charge is 2.19. The molecule has 136 valence electrons. The maximum atomic E-state index is 11.6. The minimum atomic E-state index is -1.13. The molecule has 0 spiro atoms. The molecule has 0 aliphatic carbocycles. The van der Waals surface area contributed by atoms with Crippen LogP contribution in [0, 0.1) is 18.3 Å². The average molecular weight is 354 g/mol. The fourth-order valence-electron chi connectivity index (χ4n) is 2.42. The molecule has 0 aromatic heterocycles. The molecule has 2 aromatic rings. The Morgan fingerprint density at radius 2 is 1.96 bits per heavy atom. The van der Waals surface area contributed by atoms with Crippen molar-refractivity contribution < 1.29 is 19.7 Å². The van der Waals surface area contributed by atoms with Crippen LogP contribution in [-0.2, 0) is 11.3 Å². The Morgan fingerprint density at radius 1 is 1.23 bits per heavy atom. The zero-order chi connectivity index (χ0) is 18.9. The number of aryl methyl sites for hydroxylation is 1. The number of carbonyl (C=O) groups is 1. The Bertz CT molecular complexity index is 771. The van der Waals surface area contributed by atoms with Crippen molar-refractivity contribution >= 4 is 6.09 Å². The van der Waals surface area contributed by atoms with Crippen molar-refractivity contribution in [3.63, 3.8) is 0 Å². The third-order valence-electron chi connectivity index (χ3n) is 4.01. The van der Waals surface area contributed by atoms with E-state index in [1.807, 2.05) is 36.4 Å². The van der Waals surface area contributed by atoms with Gasteiger partial charge in [-0.3, -0.25) is 0 Å². The molecule has 0 aliphatic heterocycles. The fraction of sp³-hybridized carbons (Fsp3) is 0.300. The van der Waals surface area contributed by atoms with Gasteiger partial charge in [0.05, 0.1) is 17.7 Å². The van der Waals surface area contributed by atoms with Gasteiger partial charge in [-0.2, -0.15) is 5.26 Å². The normalized spacial score (nSPS) is 12.7. The molecule has 6 heteroatoms. The first-order valence-electron chi connectivity index (χ1n) is 8.32. The molecule has 0 saturated heterocycles. The zero-order valence-electron chi connectivity index (χ0n) is 14.6. The predicted molar refractivity (Wildman–Crippen MR) is 96.1 cm³/mol. The molecule has 2 aromatic carbocycles. The summed E-state index contributed by atoms with van der Waals surface area (Å²) < 4.78 is 5.07. The molecule has 0 radical (unpaired) electrons. The molecule has 1 amide bonds. The molecule has 0 fully saturated rings. The largest absolute Gasteiger partial charge is 0.445 e. The first kappa shape index (κ1) is 19.4. The fourth-order valence-corrected chi connectivity index (χ4v) is 2.42. The van der Waals surface area contributed by atoms with Crippen LogP contribution < -0.4 is 5.32 Å². The molecule has 2 unspecified atom stereocenters. The number of rotatable bonds is 7. The second-order valence-corrected chi connectivity index (χ2v) is 5.98. The Balaban J connectivity index is 1.76. The lowest BCUT2D eigenvalue weighted by Gasteiger charge is -2.19. The summed E-state index contributed by atoms with van der Waals surface area (Å²) in [5.74, 6) is 0. The SMILES string of the molecule is Cc1ccc(C(O)C(O)CCNC(=O)OCc2ccccc2)cc1C#N. The van der Waals surface area contributed by atoms with E-state index in [1.54, 1.807) is 25.1 Å². The van der Waals surface area contributed by atoms with E-state index in [2.05, 4.69) is 5.32 Å². The second kappa shape index (κ2) is 9.56. The van der Waals surface area contributed by atoms with Crippen molar-refractivity contribution in [1.82, 2.24) is 5.32 Å². The minimum Gasteiger partial charge on any atom is -0.445 e. The number of nitrogens with one attached hydrogen (secondary N) is 1. The maximum Gasteiger partial charge on any atom is 0.407 e. The highest BCUT2D eigenvalue weighted by atomic mass is 16.5. The standard InChI is InChI=1S/C20H22N2O4/c1-14-7-8-16(11-17(14)12-21)19(24)18(23)9-10-22-20(25)26-13-15-5-3-2-4-6-15/h2-8,11,18-19,23-24H,9-10,13H2,1H3,(H,22,25). The summed E-state index contributed by atoms with van der Waals surface area (Å²) in [6.07, 6.45) is -2.64. The zero-order valence-corrected chi connectivity index (χ0v) is 14.6. The van der Waals surface area contributed by atoms with Gasteiger partial charge in [-0.15, -0.1) is 0 Å². The second-order valence-electron chi connectivity index (χ2n) is 5.98. The van der Waals surface area contributed by atoms with Gasteiger partial charge >= 0.3 is 6.09 Å². The van der Waals surface area contributed by atoms with E-state index in [-0.39, 0.29) is 19.6 Å². The van der Waals surface area contributed by atoms with Gasteiger partial charge in [0.2, 0.25) is 0 Å². The first-order valence-corrected chi connectivity index (χ1v) is 8.32. The van der Waals surface area contributed by atoms with Crippen LogP contribution in [0.2, 0.25) is 0 Å². The number of hydrogen-bond acceptors (Lipinski definition) is 5. The number of ether oxygens (including phenoxy) is 1. The molecule has 0 heterocycles. The summed E-state index contributed by atoms with van der Waals surface area (Å²) in [7, 11) is 0. The smallest absolute Gasteiger partial charge is 0.407 e. The Labute approximate surface area is 152 Å². The van der Waals surface area contributed by atoms with E-state index in [4.69, 9.17) is 10.00 Å². The maximum absolute atomic E-state index is 11.6. The van der Waals surface area contributed by atoms with Crippen LogP contribution in [-0.4, -0.2) is 29.0 Å². The van der Waals surface area contributed by atoms with E-state index in [9.17, 15) is 15.0 Å². The number of carbonyl (C=O) groups excluding carboxylic acids is 1. The van der Waals surface area contributed by atoms with Crippen molar-refractivity contribution in [2.75, 3.05) is 6.54 Å². The summed E-state index contributed by atoms with van der Waals surface area (Å²) in [6.45, 7) is 2.12. The van der Waals surface area contributed by atoms with Gasteiger partial charge < -0.3 is 20.3 Å². The Morgan fingerprint density at radius 3 is 2.65 bits per heavy atom. The topological polar surface area (TPSA) is 103 Å². The Hall–Kier alpha value is -2.88. The molecule has 2 rings (SSSR count). The first-order chi connectivity index (χ1) is 12.5. The average Bonchev–Trinajstić information content (AvgIpc) is 2.67. The lowest BCUT2D eigenvalue weighted by Crippen LogP contribution is -2.29. The van der Waals surface area contributed by atoms with E-state index >= 15 is 0 Å². The van der Waals surface area contributed by atoms with Crippen LogP contribution in [0.15, 0.2) is 48.5 Å². The monoisotopic (exact) mass is 354 g/mol. The molecule has 6 nitrogen and oxygen atoms in total. The van der Waals surface area contributed by atoms with Crippen LogP contribution in [0.5, 0.6) is 0 Å². The van der Waals surface area contributed by atoms with Gasteiger partial charge in [0, 0.05) is 6.54 Å². The number of aliphatic hydroxyl groups excluding tert-OH is 2. The number of amides is 1. The molecule has 26 heavy (non-hydrogen) atoms. The highest BCUT2D eigenvalue weighted by molar-refractivity contribution is 5.67. The van der Waals surface area contributed by atoms with Gasteiger partial charge in [0.15, 0.2) is 0 Å². The summed E-state index contributed by atoms with van der Waals surface area (Å²) in [5.41, 5.74) is 2.61. The molecule has 3 N–H and O–H groups in total. The lowest BCUT2D eigenvalue weighted by atomic mass is 9.98.